The standard InChI is InChI=1S/C9H12F3N3OS/c1-5-2-3-15(4-6(5)16)8-13-7(14-17-8)9(10,11)12/h5-6,16H,2-4H2,1H3. The Balaban J connectivity index is 2.11. The summed E-state index contributed by atoms with van der Waals surface area (Å²) >= 11 is 0.720. The van der Waals surface area contributed by atoms with Crippen molar-refractivity contribution in [2.75, 3.05) is 18.0 Å². The van der Waals surface area contributed by atoms with Gasteiger partial charge >= 0.3 is 6.18 Å². The molecule has 1 fully saturated rings. The van der Waals surface area contributed by atoms with E-state index < -0.39 is 18.1 Å². The first-order chi connectivity index (χ1) is 7.88. The van der Waals surface area contributed by atoms with E-state index in [2.05, 4.69) is 9.36 Å². The highest BCUT2D eigenvalue weighted by atomic mass is 32.1. The lowest BCUT2D eigenvalue weighted by molar-refractivity contribution is -0.144. The van der Waals surface area contributed by atoms with Crippen LogP contribution in [0.5, 0.6) is 0 Å². The molecule has 2 atom stereocenters. The molecular weight excluding hydrogens is 255 g/mol. The van der Waals surface area contributed by atoms with Crippen molar-refractivity contribution < 1.29 is 18.3 Å². The van der Waals surface area contributed by atoms with Gasteiger partial charge in [-0.15, -0.1) is 0 Å². The Morgan fingerprint density at radius 3 is 2.71 bits per heavy atom. The van der Waals surface area contributed by atoms with E-state index >= 15 is 0 Å². The van der Waals surface area contributed by atoms with Gasteiger partial charge in [-0.05, 0) is 12.3 Å². The van der Waals surface area contributed by atoms with E-state index in [1.807, 2.05) is 6.92 Å². The van der Waals surface area contributed by atoms with Crippen LogP contribution in [0.4, 0.5) is 18.3 Å². The predicted octanol–water partition coefficient (Wildman–Crippen LogP) is 1.76. The van der Waals surface area contributed by atoms with Crippen LogP contribution in [0.3, 0.4) is 0 Å². The molecule has 0 saturated carbocycles. The van der Waals surface area contributed by atoms with Gasteiger partial charge in [-0.3, -0.25) is 0 Å². The molecule has 1 aliphatic rings. The second-order valence-electron chi connectivity index (χ2n) is 4.18. The van der Waals surface area contributed by atoms with Crippen molar-refractivity contribution in [1.29, 1.82) is 0 Å². The minimum absolute atomic E-state index is 0.168. The van der Waals surface area contributed by atoms with E-state index in [0.717, 1.165) is 18.0 Å². The fraction of sp³-hybridized carbons (Fsp3) is 0.778. The summed E-state index contributed by atoms with van der Waals surface area (Å²) in [6.45, 7) is 2.83. The fourth-order valence-corrected chi connectivity index (χ4v) is 2.40. The second-order valence-corrected chi connectivity index (χ2v) is 4.91. The van der Waals surface area contributed by atoms with Crippen molar-refractivity contribution in [3.8, 4) is 0 Å². The summed E-state index contributed by atoms with van der Waals surface area (Å²) < 4.78 is 40.3. The largest absolute Gasteiger partial charge is 0.452 e. The van der Waals surface area contributed by atoms with Crippen LogP contribution >= 0.6 is 11.5 Å². The van der Waals surface area contributed by atoms with Gasteiger partial charge in [0.1, 0.15) is 0 Å². The molecule has 1 N–H and O–H groups in total. The van der Waals surface area contributed by atoms with Crippen molar-refractivity contribution >= 4 is 16.7 Å². The third-order valence-electron chi connectivity index (χ3n) is 2.86. The highest BCUT2D eigenvalue weighted by Crippen LogP contribution is 2.31. The highest BCUT2D eigenvalue weighted by Gasteiger charge is 2.37. The van der Waals surface area contributed by atoms with Crippen LogP contribution in [0.1, 0.15) is 19.2 Å². The molecule has 0 radical (unpaired) electrons. The first kappa shape index (κ1) is 12.6. The van der Waals surface area contributed by atoms with Crippen molar-refractivity contribution in [3.63, 3.8) is 0 Å². The van der Waals surface area contributed by atoms with Gasteiger partial charge in [-0.1, -0.05) is 6.92 Å². The van der Waals surface area contributed by atoms with Crippen molar-refractivity contribution in [2.24, 2.45) is 5.92 Å². The van der Waals surface area contributed by atoms with Crippen LogP contribution in [0, 0.1) is 5.92 Å². The number of anilines is 1. The van der Waals surface area contributed by atoms with Gasteiger partial charge < -0.3 is 10.0 Å². The molecule has 96 valence electrons. The Morgan fingerprint density at radius 1 is 1.47 bits per heavy atom. The van der Waals surface area contributed by atoms with E-state index in [4.69, 9.17) is 0 Å². The van der Waals surface area contributed by atoms with Crippen LogP contribution in [0.15, 0.2) is 0 Å². The number of β-amino-alcohol motifs (C(OH)–C–C–N with tert-alkyl or cyclic N) is 1. The number of aromatic nitrogens is 2. The molecule has 1 aromatic rings. The molecule has 0 aliphatic carbocycles. The Labute approximate surface area is 100 Å². The molecule has 0 aromatic carbocycles. The molecule has 0 amide bonds. The SMILES string of the molecule is CC1CCN(c2nc(C(F)(F)F)ns2)CC1O. The molecule has 2 unspecified atom stereocenters. The fourth-order valence-electron chi connectivity index (χ4n) is 1.68. The van der Waals surface area contributed by atoms with Crippen molar-refractivity contribution in [3.05, 3.63) is 5.82 Å². The zero-order valence-electron chi connectivity index (χ0n) is 9.11. The molecule has 4 nitrogen and oxygen atoms in total. The molecule has 1 saturated heterocycles. The lowest BCUT2D eigenvalue weighted by Crippen LogP contribution is -2.42. The van der Waals surface area contributed by atoms with Crippen molar-refractivity contribution in [1.82, 2.24) is 9.36 Å². The lowest BCUT2D eigenvalue weighted by atomic mass is 9.96. The molecule has 8 heteroatoms. The first-order valence-electron chi connectivity index (χ1n) is 5.22. The van der Waals surface area contributed by atoms with E-state index in [1.165, 1.54) is 0 Å². The summed E-state index contributed by atoms with van der Waals surface area (Å²) in [5.41, 5.74) is 0. The predicted molar refractivity (Wildman–Crippen MR) is 56.9 cm³/mol. The Morgan fingerprint density at radius 2 is 2.18 bits per heavy atom. The summed E-state index contributed by atoms with van der Waals surface area (Å²) in [5.74, 6) is -0.938. The van der Waals surface area contributed by atoms with E-state index in [9.17, 15) is 18.3 Å². The third kappa shape index (κ3) is 2.68. The normalized spacial score (nSPS) is 26.3. The first-order valence-corrected chi connectivity index (χ1v) is 5.99. The highest BCUT2D eigenvalue weighted by molar-refractivity contribution is 7.09. The van der Waals surface area contributed by atoms with Crippen LogP contribution in [0.25, 0.3) is 0 Å². The molecule has 17 heavy (non-hydrogen) atoms. The number of hydrogen-bond donors (Lipinski definition) is 1. The van der Waals surface area contributed by atoms with Gasteiger partial charge in [-0.2, -0.15) is 22.5 Å². The molecule has 0 bridgehead atoms. The maximum absolute atomic E-state index is 12.3. The summed E-state index contributed by atoms with van der Waals surface area (Å²) in [7, 11) is 0. The number of aliphatic hydroxyl groups excluding tert-OH is 1. The second kappa shape index (κ2) is 4.41. The maximum Gasteiger partial charge on any atom is 0.452 e. The van der Waals surface area contributed by atoms with E-state index in [-0.39, 0.29) is 11.0 Å². The summed E-state index contributed by atoms with van der Waals surface area (Å²) in [6, 6.07) is 0. The quantitative estimate of drug-likeness (QED) is 0.842. The van der Waals surface area contributed by atoms with Crippen LogP contribution in [0.2, 0.25) is 0 Å². The zero-order valence-corrected chi connectivity index (χ0v) is 9.92. The number of nitrogens with zero attached hydrogens (tertiary/aromatic N) is 3. The number of alkyl halides is 3. The molecule has 2 heterocycles. The Kier molecular flexibility index (Phi) is 3.26. The maximum atomic E-state index is 12.3. The molecular formula is C9H12F3N3OS. The van der Waals surface area contributed by atoms with Gasteiger partial charge in [0, 0.05) is 24.6 Å². The van der Waals surface area contributed by atoms with Gasteiger partial charge in [0.05, 0.1) is 6.10 Å². The van der Waals surface area contributed by atoms with Gasteiger partial charge in [0.2, 0.25) is 11.0 Å². The average Bonchev–Trinajstić information content (AvgIpc) is 2.70. The monoisotopic (exact) mass is 267 g/mol. The van der Waals surface area contributed by atoms with Crippen LogP contribution in [-0.4, -0.2) is 33.7 Å². The Hall–Kier alpha value is -0.890. The number of piperidine rings is 1. The molecule has 1 aromatic heterocycles. The van der Waals surface area contributed by atoms with Crippen LogP contribution in [-0.2, 0) is 6.18 Å². The lowest BCUT2D eigenvalue weighted by Gasteiger charge is -2.33. The van der Waals surface area contributed by atoms with Gasteiger partial charge in [0.25, 0.3) is 0 Å². The number of rotatable bonds is 1. The average molecular weight is 267 g/mol. The minimum atomic E-state index is -4.50. The summed E-state index contributed by atoms with van der Waals surface area (Å²) in [6.07, 6.45) is -4.29. The van der Waals surface area contributed by atoms with E-state index in [1.54, 1.807) is 4.90 Å². The minimum Gasteiger partial charge on any atom is -0.391 e. The smallest absolute Gasteiger partial charge is 0.391 e. The van der Waals surface area contributed by atoms with Gasteiger partial charge in [-0.25, -0.2) is 0 Å². The third-order valence-corrected chi connectivity index (χ3v) is 3.64. The topological polar surface area (TPSA) is 49.2 Å². The molecule has 1 aliphatic heterocycles. The van der Waals surface area contributed by atoms with E-state index in [0.29, 0.717) is 13.1 Å². The number of aliphatic hydroxyl groups is 1. The molecule has 2 rings (SSSR count). The number of hydrogen-bond acceptors (Lipinski definition) is 5. The summed E-state index contributed by atoms with van der Waals surface area (Å²) in [5, 5.41) is 9.89. The number of halogens is 3. The molecule has 0 spiro atoms. The zero-order chi connectivity index (χ0) is 12.6. The summed E-state index contributed by atoms with van der Waals surface area (Å²) in [4.78, 5) is 5.11. The van der Waals surface area contributed by atoms with Gasteiger partial charge in [0.15, 0.2) is 0 Å². The van der Waals surface area contributed by atoms with Crippen LogP contribution < -0.4 is 4.90 Å². The van der Waals surface area contributed by atoms with Crippen molar-refractivity contribution in [2.45, 2.75) is 25.6 Å². The Bertz CT molecular complexity index is 395.